The van der Waals surface area contributed by atoms with Crippen molar-refractivity contribution < 1.29 is 18.1 Å². The molecule has 0 amide bonds. The summed E-state index contributed by atoms with van der Waals surface area (Å²) in [6.07, 6.45) is 0. The number of nitrogens with zero attached hydrogens (tertiary/aromatic N) is 3. The van der Waals surface area contributed by atoms with Crippen molar-refractivity contribution in [1.82, 2.24) is 15.0 Å². The average Bonchev–Trinajstić information content (AvgIpc) is 3.64. The maximum absolute atomic E-state index is 8.65. The highest BCUT2D eigenvalue weighted by Gasteiger charge is 2.17. The van der Waals surface area contributed by atoms with E-state index in [9.17, 15) is 0 Å². The molecule has 49 heavy (non-hydrogen) atoms. The molecule has 8 aromatic carbocycles. The lowest BCUT2D eigenvalue weighted by atomic mass is 9.92. The van der Waals surface area contributed by atoms with Crippen molar-refractivity contribution in [2.45, 2.75) is 0 Å². The Kier molecular flexibility index (Phi) is 4.31. The van der Waals surface area contributed by atoms with Crippen molar-refractivity contribution in [1.29, 1.82) is 0 Å². The van der Waals surface area contributed by atoms with Gasteiger partial charge in [-0.15, -0.1) is 0 Å². The van der Waals surface area contributed by atoms with E-state index in [-0.39, 0.29) is 28.6 Å². The lowest BCUT2D eigenvalue weighted by molar-refractivity contribution is 0.670. The Hall–Kier alpha value is -6.65. The summed E-state index contributed by atoms with van der Waals surface area (Å²) in [6.45, 7) is 0. The Morgan fingerprint density at radius 2 is 0.878 bits per heavy atom. The number of aromatic nitrogens is 3. The van der Waals surface area contributed by atoms with Crippen molar-refractivity contribution in [3.63, 3.8) is 0 Å². The zero-order valence-corrected chi connectivity index (χ0v) is 25.6. The monoisotopic (exact) mass is 635 g/mol. The number of furan rings is 1. The van der Waals surface area contributed by atoms with E-state index < -0.39 is 60.4 Å². The maximum atomic E-state index is 8.65. The zero-order chi connectivity index (χ0) is 41.0. The first kappa shape index (κ1) is 19.2. The summed E-state index contributed by atoms with van der Waals surface area (Å²) in [5.74, 6) is -0.681. The van der Waals surface area contributed by atoms with Crippen LogP contribution in [0.4, 0.5) is 0 Å². The number of rotatable bonds is 4. The highest BCUT2D eigenvalue weighted by atomic mass is 16.3. The Balaban J connectivity index is 1.18. The average molecular weight is 636 g/mol. The fraction of sp³-hybridized carbons (Fsp3) is 0. The third kappa shape index (κ3) is 4.49. The van der Waals surface area contributed by atoms with Crippen LogP contribution in [-0.4, -0.2) is 15.0 Å². The van der Waals surface area contributed by atoms with Crippen molar-refractivity contribution in [3.8, 4) is 45.3 Å². The van der Waals surface area contributed by atoms with Crippen molar-refractivity contribution in [3.05, 3.63) is 164 Å². The molecule has 0 fully saturated rings. The summed E-state index contributed by atoms with van der Waals surface area (Å²) in [4.78, 5) is 13.6. The molecule has 0 spiro atoms. The van der Waals surface area contributed by atoms with Gasteiger partial charge in [0.25, 0.3) is 0 Å². The highest BCUT2D eigenvalue weighted by Crippen LogP contribution is 2.41. The minimum atomic E-state index is -0.609. The molecule has 0 atom stereocenters. The SMILES string of the molecule is [2H]c1c([2H])c([2H])c(-c2nc(-c3ccc4oc5c(-c6ccc7c8ccccc8c8ccccc8c7c6)cccc5c4c3)nc(-c3c([2H])c([2H])c([2H])c([2H])c3[2H])n2)c([2H])c1[2H]. The van der Waals surface area contributed by atoms with Gasteiger partial charge in [-0.3, -0.25) is 0 Å². The Morgan fingerprint density at radius 3 is 1.49 bits per heavy atom. The zero-order valence-electron chi connectivity index (χ0n) is 35.6. The van der Waals surface area contributed by atoms with Gasteiger partial charge in [-0.1, -0.05) is 139 Å². The number of benzene rings is 8. The van der Waals surface area contributed by atoms with E-state index in [1.807, 2.05) is 24.3 Å². The number of hydrogen-bond donors (Lipinski definition) is 0. The quantitative estimate of drug-likeness (QED) is 0.181. The van der Waals surface area contributed by atoms with Gasteiger partial charge < -0.3 is 4.42 Å². The Labute approximate surface area is 296 Å². The molecule has 4 nitrogen and oxygen atoms in total. The Morgan fingerprint density at radius 1 is 0.388 bits per heavy atom. The van der Waals surface area contributed by atoms with Crippen LogP contribution < -0.4 is 0 Å². The van der Waals surface area contributed by atoms with E-state index in [0.717, 1.165) is 32.7 Å². The molecule has 0 aliphatic carbocycles. The smallest absolute Gasteiger partial charge is 0.164 e. The molecule has 0 unspecified atom stereocenters. The van der Waals surface area contributed by atoms with Crippen LogP contribution >= 0.6 is 0 Å². The molecule has 0 saturated heterocycles. The summed E-state index contributed by atoms with van der Waals surface area (Å²) in [5.41, 5.74) is 2.82. The molecular formula is C45H27N3O. The van der Waals surface area contributed by atoms with Gasteiger partial charge in [0.15, 0.2) is 17.5 Å². The van der Waals surface area contributed by atoms with E-state index in [4.69, 9.17) is 18.1 Å². The van der Waals surface area contributed by atoms with Gasteiger partial charge >= 0.3 is 0 Å². The van der Waals surface area contributed by atoms with Crippen LogP contribution in [-0.2, 0) is 0 Å². The summed E-state index contributed by atoms with van der Waals surface area (Å²) in [5, 5.41) is 8.46. The van der Waals surface area contributed by atoms with Gasteiger partial charge in [0, 0.05) is 33.0 Å². The number of fused-ring (bicyclic) bond motifs is 9. The lowest BCUT2D eigenvalue weighted by Crippen LogP contribution is -2.00. The van der Waals surface area contributed by atoms with E-state index in [1.54, 1.807) is 18.2 Å². The Bertz CT molecular complexity index is 3300. The highest BCUT2D eigenvalue weighted by molar-refractivity contribution is 6.26. The topological polar surface area (TPSA) is 51.8 Å². The second kappa shape index (κ2) is 11.0. The van der Waals surface area contributed by atoms with Crippen LogP contribution in [0.15, 0.2) is 168 Å². The van der Waals surface area contributed by atoms with Gasteiger partial charge in [-0.25, -0.2) is 15.0 Å². The second-order valence-corrected chi connectivity index (χ2v) is 11.7. The molecule has 2 aromatic heterocycles. The number of para-hydroxylation sites is 1. The minimum absolute atomic E-state index is 0.0235. The van der Waals surface area contributed by atoms with Gasteiger partial charge in [0.1, 0.15) is 11.2 Å². The van der Waals surface area contributed by atoms with Crippen LogP contribution in [0.3, 0.4) is 0 Å². The van der Waals surface area contributed by atoms with Crippen molar-refractivity contribution in [2.24, 2.45) is 0 Å². The van der Waals surface area contributed by atoms with Crippen LogP contribution in [0.25, 0.3) is 99.5 Å². The van der Waals surface area contributed by atoms with Crippen LogP contribution in [0, 0.1) is 0 Å². The third-order valence-electron chi connectivity index (χ3n) is 8.89. The van der Waals surface area contributed by atoms with Crippen molar-refractivity contribution in [2.75, 3.05) is 0 Å². The van der Waals surface area contributed by atoms with Crippen LogP contribution in [0.5, 0.6) is 0 Å². The molecule has 4 heteroatoms. The van der Waals surface area contributed by atoms with Crippen LogP contribution in [0.1, 0.15) is 13.7 Å². The second-order valence-electron chi connectivity index (χ2n) is 11.7. The number of hydrogen-bond acceptors (Lipinski definition) is 4. The normalized spacial score (nSPS) is 14.5. The first-order chi connectivity index (χ1) is 28.4. The van der Waals surface area contributed by atoms with Crippen molar-refractivity contribution >= 4 is 54.3 Å². The summed E-state index contributed by atoms with van der Waals surface area (Å²) >= 11 is 0. The molecule has 10 rings (SSSR count). The van der Waals surface area contributed by atoms with Gasteiger partial charge in [0.05, 0.1) is 13.7 Å². The molecule has 0 N–H and O–H groups in total. The molecule has 0 aliphatic heterocycles. The van der Waals surface area contributed by atoms with Gasteiger partial charge in [-0.05, 0) is 62.1 Å². The molecule has 0 aliphatic rings. The largest absolute Gasteiger partial charge is 0.455 e. The molecule has 0 radical (unpaired) electrons. The first-order valence-corrected chi connectivity index (χ1v) is 15.6. The summed E-state index contributed by atoms with van der Waals surface area (Å²) < 4.78 is 90.5. The van der Waals surface area contributed by atoms with E-state index in [0.29, 0.717) is 22.1 Å². The molecule has 2 heterocycles. The molecular weight excluding hydrogens is 599 g/mol. The van der Waals surface area contributed by atoms with E-state index in [1.165, 1.54) is 16.2 Å². The predicted molar refractivity (Wildman–Crippen MR) is 201 cm³/mol. The predicted octanol–water partition coefficient (Wildman–Crippen LogP) is 11.9. The van der Waals surface area contributed by atoms with E-state index in [2.05, 4.69) is 75.6 Å². The maximum Gasteiger partial charge on any atom is 0.164 e. The van der Waals surface area contributed by atoms with Gasteiger partial charge in [-0.2, -0.15) is 0 Å². The fourth-order valence-electron chi connectivity index (χ4n) is 6.69. The lowest BCUT2D eigenvalue weighted by Gasteiger charge is -2.12. The van der Waals surface area contributed by atoms with Gasteiger partial charge in [0.2, 0.25) is 0 Å². The molecule has 0 saturated carbocycles. The fourth-order valence-corrected chi connectivity index (χ4v) is 6.69. The molecule has 0 bridgehead atoms. The summed E-state index contributed by atoms with van der Waals surface area (Å²) in [7, 11) is 0. The van der Waals surface area contributed by atoms with Crippen LogP contribution in [0.2, 0.25) is 0 Å². The summed E-state index contributed by atoms with van der Waals surface area (Å²) in [6, 6.07) is 28.5. The standard InChI is InChI=1S/C45H27N3O/c1-3-12-28(13-4-1)43-46-44(29-14-5-2-6-15-29)48-45(47-43)31-23-25-41-40(27-31)38-21-11-20-32(42(38)49-41)30-22-24-37-35-18-8-7-16-33(35)34-17-9-10-19-36(34)39(37)26-30/h1-27H/i1D,2D,3D,4D,5D,6D,12D,13D,14D,15D. The molecule has 228 valence electrons. The third-order valence-corrected chi connectivity index (χ3v) is 8.89. The minimum Gasteiger partial charge on any atom is -0.455 e. The first-order valence-electron chi connectivity index (χ1n) is 20.6. The van der Waals surface area contributed by atoms with E-state index >= 15 is 0 Å². The molecule has 10 aromatic rings.